The van der Waals surface area contributed by atoms with Gasteiger partial charge in [-0.15, -0.1) is 0 Å². The molecule has 1 heterocycles. The van der Waals surface area contributed by atoms with Crippen LogP contribution in [0.4, 0.5) is 5.69 Å². The van der Waals surface area contributed by atoms with Gasteiger partial charge >= 0.3 is 0 Å². The Morgan fingerprint density at radius 2 is 1.91 bits per heavy atom. The van der Waals surface area contributed by atoms with Gasteiger partial charge in [0.05, 0.1) is 0 Å². The van der Waals surface area contributed by atoms with E-state index in [1.807, 2.05) is 12.1 Å². The largest absolute Gasteiger partial charge is 0.375 e. The lowest BCUT2D eigenvalue weighted by Crippen LogP contribution is -2.42. The molecule has 0 aromatic heterocycles. The first-order valence-corrected chi connectivity index (χ1v) is 8.75. The van der Waals surface area contributed by atoms with E-state index in [0.717, 1.165) is 18.0 Å². The molecule has 120 valence electrons. The lowest BCUT2D eigenvalue weighted by atomic mass is 9.85. The third kappa shape index (κ3) is 2.73. The van der Waals surface area contributed by atoms with Crippen molar-refractivity contribution in [2.45, 2.75) is 58.0 Å². The summed E-state index contributed by atoms with van der Waals surface area (Å²) in [5, 5.41) is 0. The molecule has 1 aliphatic heterocycles. The van der Waals surface area contributed by atoms with Gasteiger partial charge in [-0.2, -0.15) is 0 Å². The Morgan fingerprint density at radius 1 is 1.23 bits per heavy atom. The fraction of sp³-hybridized carbons (Fsp3) is 0.632. The maximum atomic E-state index is 13.0. The standard InChI is InChI=1S/C19H28N2O/c1-4-20(3)17-11-9-15(10-12-17)19(22)21-14(2)13-16-7-5-6-8-18(16)21/h9-12,14,16,18H,4-8,13H2,1-3H3. The average Bonchev–Trinajstić information content (AvgIpc) is 2.89. The number of amides is 1. The van der Waals surface area contributed by atoms with E-state index in [1.54, 1.807) is 0 Å². The van der Waals surface area contributed by atoms with Crippen LogP contribution in [0.15, 0.2) is 24.3 Å². The zero-order valence-electron chi connectivity index (χ0n) is 14.1. The summed E-state index contributed by atoms with van der Waals surface area (Å²) in [5.74, 6) is 0.964. The second-order valence-corrected chi connectivity index (χ2v) is 6.97. The van der Waals surface area contributed by atoms with E-state index in [-0.39, 0.29) is 5.91 Å². The SMILES string of the molecule is CCN(C)c1ccc(C(=O)N2C(C)CC3CCCCC32)cc1. The van der Waals surface area contributed by atoms with Gasteiger partial charge in [0, 0.05) is 36.9 Å². The summed E-state index contributed by atoms with van der Waals surface area (Å²) < 4.78 is 0. The van der Waals surface area contributed by atoms with Crippen LogP contribution in [0.2, 0.25) is 0 Å². The van der Waals surface area contributed by atoms with Crippen LogP contribution >= 0.6 is 0 Å². The number of likely N-dealkylation sites (tertiary alicyclic amines) is 1. The Balaban J connectivity index is 1.78. The van der Waals surface area contributed by atoms with E-state index in [4.69, 9.17) is 0 Å². The van der Waals surface area contributed by atoms with E-state index < -0.39 is 0 Å². The van der Waals surface area contributed by atoms with Crippen molar-refractivity contribution >= 4 is 11.6 Å². The van der Waals surface area contributed by atoms with Gasteiger partial charge in [0.2, 0.25) is 0 Å². The lowest BCUT2D eigenvalue weighted by molar-refractivity contribution is 0.0633. The predicted molar refractivity (Wildman–Crippen MR) is 91.4 cm³/mol. The molecule has 1 amide bonds. The van der Waals surface area contributed by atoms with Gasteiger partial charge in [-0.3, -0.25) is 4.79 Å². The number of fused-ring (bicyclic) bond motifs is 1. The van der Waals surface area contributed by atoms with E-state index in [0.29, 0.717) is 12.1 Å². The molecule has 3 heteroatoms. The van der Waals surface area contributed by atoms with Crippen molar-refractivity contribution in [3.63, 3.8) is 0 Å². The number of benzene rings is 1. The first kappa shape index (κ1) is 15.4. The molecule has 2 aliphatic rings. The molecular weight excluding hydrogens is 272 g/mol. The molecule has 3 atom stereocenters. The van der Waals surface area contributed by atoms with Gasteiger partial charge in [0.25, 0.3) is 5.91 Å². The zero-order valence-corrected chi connectivity index (χ0v) is 14.1. The smallest absolute Gasteiger partial charge is 0.254 e. The molecule has 1 aromatic rings. The van der Waals surface area contributed by atoms with Crippen molar-refractivity contribution in [2.75, 3.05) is 18.5 Å². The molecule has 2 fully saturated rings. The Bertz CT molecular complexity index is 525. The summed E-state index contributed by atoms with van der Waals surface area (Å²) in [6.07, 6.45) is 6.30. The summed E-state index contributed by atoms with van der Waals surface area (Å²) in [7, 11) is 2.08. The Morgan fingerprint density at radius 3 is 2.59 bits per heavy atom. The van der Waals surface area contributed by atoms with Crippen molar-refractivity contribution in [1.82, 2.24) is 4.90 Å². The van der Waals surface area contributed by atoms with Crippen LogP contribution < -0.4 is 4.90 Å². The summed E-state index contributed by atoms with van der Waals surface area (Å²) in [6, 6.07) is 8.98. The van der Waals surface area contributed by atoms with E-state index in [9.17, 15) is 4.79 Å². The van der Waals surface area contributed by atoms with Gasteiger partial charge in [-0.1, -0.05) is 12.8 Å². The average molecular weight is 300 g/mol. The maximum absolute atomic E-state index is 13.0. The minimum absolute atomic E-state index is 0.229. The highest BCUT2D eigenvalue weighted by atomic mass is 16.2. The molecule has 22 heavy (non-hydrogen) atoms. The summed E-state index contributed by atoms with van der Waals surface area (Å²) in [6.45, 7) is 5.32. The highest BCUT2D eigenvalue weighted by Gasteiger charge is 2.42. The van der Waals surface area contributed by atoms with Crippen LogP contribution in [-0.2, 0) is 0 Å². The van der Waals surface area contributed by atoms with Crippen molar-refractivity contribution in [2.24, 2.45) is 5.92 Å². The van der Waals surface area contributed by atoms with Crippen molar-refractivity contribution in [3.8, 4) is 0 Å². The minimum atomic E-state index is 0.229. The van der Waals surface area contributed by atoms with Crippen LogP contribution in [0, 0.1) is 5.92 Å². The molecule has 1 aromatic carbocycles. The summed E-state index contributed by atoms with van der Waals surface area (Å²) >= 11 is 0. The van der Waals surface area contributed by atoms with E-state index in [2.05, 4.69) is 42.8 Å². The van der Waals surface area contributed by atoms with Crippen molar-refractivity contribution < 1.29 is 4.79 Å². The van der Waals surface area contributed by atoms with Gasteiger partial charge in [-0.25, -0.2) is 0 Å². The lowest BCUT2D eigenvalue weighted by Gasteiger charge is -2.33. The second-order valence-electron chi connectivity index (χ2n) is 6.97. The van der Waals surface area contributed by atoms with E-state index in [1.165, 1.54) is 37.8 Å². The normalized spacial score (nSPS) is 27.6. The first-order chi connectivity index (χ1) is 10.6. The predicted octanol–water partition coefficient (Wildman–Crippen LogP) is 3.94. The van der Waals surface area contributed by atoms with Gasteiger partial charge < -0.3 is 9.80 Å². The zero-order chi connectivity index (χ0) is 15.7. The van der Waals surface area contributed by atoms with Gasteiger partial charge in [0.15, 0.2) is 0 Å². The second kappa shape index (κ2) is 6.31. The molecule has 0 spiro atoms. The highest BCUT2D eigenvalue weighted by Crippen LogP contribution is 2.40. The number of hydrogen-bond acceptors (Lipinski definition) is 2. The molecule has 0 radical (unpaired) electrons. The molecule has 3 unspecified atom stereocenters. The van der Waals surface area contributed by atoms with Crippen LogP contribution in [0.3, 0.4) is 0 Å². The van der Waals surface area contributed by atoms with Crippen LogP contribution in [0.5, 0.6) is 0 Å². The van der Waals surface area contributed by atoms with Crippen LogP contribution in [0.1, 0.15) is 56.3 Å². The van der Waals surface area contributed by atoms with Crippen molar-refractivity contribution in [3.05, 3.63) is 29.8 Å². The quantitative estimate of drug-likeness (QED) is 0.844. The molecule has 1 saturated carbocycles. The molecule has 0 N–H and O–H groups in total. The fourth-order valence-corrected chi connectivity index (χ4v) is 4.25. The van der Waals surface area contributed by atoms with Crippen molar-refractivity contribution in [1.29, 1.82) is 0 Å². The third-order valence-corrected chi connectivity index (χ3v) is 5.61. The molecular formula is C19H28N2O. The fourth-order valence-electron chi connectivity index (χ4n) is 4.25. The monoisotopic (exact) mass is 300 g/mol. The number of anilines is 1. The van der Waals surface area contributed by atoms with Gasteiger partial charge in [-0.05, 0) is 63.3 Å². The molecule has 3 nitrogen and oxygen atoms in total. The summed E-state index contributed by atoms with van der Waals surface area (Å²) in [5.41, 5.74) is 2.01. The number of nitrogens with zero attached hydrogens (tertiary/aromatic N) is 2. The Hall–Kier alpha value is -1.51. The third-order valence-electron chi connectivity index (χ3n) is 5.61. The number of carbonyl (C=O) groups excluding carboxylic acids is 1. The number of carbonyl (C=O) groups is 1. The first-order valence-electron chi connectivity index (χ1n) is 8.75. The molecule has 0 bridgehead atoms. The number of hydrogen-bond donors (Lipinski definition) is 0. The molecule has 3 rings (SSSR count). The minimum Gasteiger partial charge on any atom is -0.375 e. The number of rotatable bonds is 3. The summed E-state index contributed by atoms with van der Waals surface area (Å²) in [4.78, 5) is 17.3. The topological polar surface area (TPSA) is 23.6 Å². The Labute approximate surface area is 134 Å². The van der Waals surface area contributed by atoms with Gasteiger partial charge in [0.1, 0.15) is 0 Å². The highest BCUT2D eigenvalue weighted by molar-refractivity contribution is 5.95. The van der Waals surface area contributed by atoms with E-state index >= 15 is 0 Å². The maximum Gasteiger partial charge on any atom is 0.254 e. The Kier molecular flexibility index (Phi) is 4.42. The molecule has 1 saturated heterocycles. The molecule has 1 aliphatic carbocycles. The van der Waals surface area contributed by atoms with Crippen LogP contribution in [-0.4, -0.2) is 36.5 Å². The van der Waals surface area contributed by atoms with Crippen LogP contribution in [0.25, 0.3) is 0 Å².